The average Bonchev–Trinajstić information content (AvgIpc) is 2.41. The van der Waals surface area contributed by atoms with Gasteiger partial charge in [-0.05, 0) is 24.6 Å². The maximum absolute atomic E-state index is 12.6. The molecule has 4 nitrogen and oxygen atoms in total. The first-order chi connectivity index (χ1) is 8.96. The summed E-state index contributed by atoms with van der Waals surface area (Å²) >= 11 is 1.80. The first-order valence-corrected chi connectivity index (χ1v) is 8.79. The molecule has 6 heteroatoms. The lowest BCUT2D eigenvalue weighted by Gasteiger charge is -2.36. The summed E-state index contributed by atoms with van der Waals surface area (Å²) in [5.74, 6) is 0.824. The van der Waals surface area contributed by atoms with E-state index in [0.717, 1.165) is 5.75 Å². The number of rotatable bonds is 3. The van der Waals surface area contributed by atoms with Crippen molar-refractivity contribution in [3.63, 3.8) is 0 Å². The first-order valence-electron chi connectivity index (χ1n) is 6.30. The second-order valence-corrected chi connectivity index (χ2v) is 8.11. The van der Waals surface area contributed by atoms with Crippen LogP contribution in [0.5, 0.6) is 0 Å². The van der Waals surface area contributed by atoms with Crippen LogP contribution in [0, 0.1) is 0 Å². The second-order valence-electron chi connectivity index (χ2n) is 4.74. The van der Waals surface area contributed by atoms with Crippen molar-refractivity contribution >= 4 is 21.8 Å². The molecule has 1 aliphatic rings. The summed E-state index contributed by atoms with van der Waals surface area (Å²) in [5.41, 5.74) is 0.619. The van der Waals surface area contributed by atoms with Crippen LogP contribution in [0.2, 0.25) is 0 Å². The van der Waals surface area contributed by atoms with Gasteiger partial charge in [-0.3, -0.25) is 0 Å². The lowest BCUT2D eigenvalue weighted by molar-refractivity contribution is 0.281. The molecule has 106 valence electrons. The van der Waals surface area contributed by atoms with Gasteiger partial charge in [0.05, 0.1) is 11.5 Å². The average molecular weight is 301 g/mol. The molecule has 0 aromatic heterocycles. The molecule has 0 bridgehead atoms. The molecule has 1 saturated heterocycles. The summed E-state index contributed by atoms with van der Waals surface area (Å²) < 4.78 is 26.9. The van der Waals surface area contributed by atoms with Gasteiger partial charge in [-0.15, -0.1) is 0 Å². The summed E-state index contributed by atoms with van der Waals surface area (Å²) in [4.78, 5) is 0.269. The minimum Gasteiger partial charge on any atom is -0.392 e. The predicted octanol–water partition coefficient (Wildman–Crippen LogP) is 1.69. The van der Waals surface area contributed by atoms with Gasteiger partial charge in [0.2, 0.25) is 10.0 Å². The third kappa shape index (κ3) is 2.97. The molecule has 1 aromatic carbocycles. The highest BCUT2D eigenvalue weighted by Crippen LogP contribution is 2.29. The Morgan fingerprint density at radius 1 is 1.42 bits per heavy atom. The zero-order valence-corrected chi connectivity index (χ0v) is 12.7. The quantitative estimate of drug-likeness (QED) is 0.923. The number of hydrogen-bond acceptors (Lipinski definition) is 4. The van der Waals surface area contributed by atoms with Gasteiger partial charge in [-0.25, -0.2) is 8.42 Å². The van der Waals surface area contributed by atoms with Gasteiger partial charge in [-0.2, -0.15) is 16.1 Å². The second kappa shape index (κ2) is 5.83. The molecular weight excluding hydrogens is 282 g/mol. The smallest absolute Gasteiger partial charge is 0.243 e. The zero-order chi connectivity index (χ0) is 14.0. The van der Waals surface area contributed by atoms with Crippen molar-refractivity contribution in [1.82, 2.24) is 4.31 Å². The minimum absolute atomic E-state index is 0.0125. The first kappa shape index (κ1) is 14.8. The topological polar surface area (TPSA) is 57.6 Å². The summed E-state index contributed by atoms with van der Waals surface area (Å²) in [7, 11) is -3.47. The van der Waals surface area contributed by atoms with Gasteiger partial charge in [-0.1, -0.05) is 19.1 Å². The van der Waals surface area contributed by atoms with Crippen molar-refractivity contribution in [2.45, 2.75) is 36.6 Å². The molecule has 1 aliphatic heterocycles. The Balaban J connectivity index is 2.35. The van der Waals surface area contributed by atoms with E-state index < -0.39 is 10.0 Å². The molecule has 19 heavy (non-hydrogen) atoms. The maximum Gasteiger partial charge on any atom is 0.243 e. The minimum atomic E-state index is -3.47. The van der Waals surface area contributed by atoms with E-state index in [1.54, 1.807) is 40.3 Å². The SMILES string of the molecule is CC1SCCN(S(=O)(=O)c2cccc(CO)c2)C1C. The molecule has 1 heterocycles. The Morgan fingerprint density at radius 3 is 2.84 bits per heavy atom. The third-order valence-corrected chi connectivity index (χ3v) is 6.83. The Kier molecular flexibility index (Phi) is 4.55. The largest absolute Gasteiger partial charge is 0.392 e. The number of aliphatic hydroxyl groups excluding tert-OH is 1. The Hall–Kier alpha value is -0.560. The molecule has 1 aromatic rings. The van der Waals surface area contributed by atoms with Crippen molar-refractivity contribution in [2.75, 3.05) is 12.3 Å². The molecule has 0 spiro atoms. The number of nitrogens with zero attached hydrogens (tertiary/aromatic N) is 1. The Morgan fingerprint density at radius 2 is 2.16 bits per heavy atom. The lowest BCUT2D eigenvalue weighted by atomic mass is 10.2. The van der Waals surface area contributed by atoms with E-state index in [0.29, 0.717) is 17.4 Å². The standard InChI is InChI=1S/C13H19NO3S2/c1-10-11(2)18-7-6-14(10)19(16,17)13-5-3-4-12(8-13)9-15/h3-5,8,10-11,15H,6-7,9H2,1-2H3. The predicted molar refractivity (Wildman–Crippen MR) is 77.6 cm³/mol. The summed E-state index contributed by atoms with van der Waals surface area (Å²) in [6.45, 7) is 4.40. The van der Waals surface area contributed by atoms with E-state index in [2.05, 4.69) is 6.92 Å². The Bertz CT molecular complexity index is 545. The van der Waals surface area contributed by atoms with Crippen LogP contribution in [0.15, 0.2) is 29.2 Å². The van der Waals surface area contributed by atoms with Crippen LogP contribution < -0.4 is 0 Å². The fourth-order valence-electron chi connectivity index (χ4n) is 2.18. The van der Waals surface area contributed by atoms with Gasteiger partial charge in [0, 0.05) is 23.6 Å². The van der Waals surface area contributed by atoms with Crippen LogP contribution >= 0.6 is 11.8 Å². The van der Waals surface area contributed by atoms with Crippen molar-refractivity contribution in [3.05, 3.63) is 29.8 Å². The molecule has 1 fully saturated rings. The highest BCUT2D eigenvalue weighted by Gasteiger charge is 2.34. The number of sulfonamides is 1. The molecular formula is C13H19NO3S2. The molecule has 2 unspecified atom stereocenters. The monoisotopic (exact) mass is 301 g/mol. The van der Waals surface area contributed by atoms with Crippen molar-refractivity contribution in [3.8, 4) is 0 Å². The molecule has 0 saturated carbocycles. The summed E-state index contributed by atoms with van der Waals surface area (Å²) in [6, 6.07) is 6.52. The normalized spacial score (nSPS) is 25.4. The van der Waals surface area contributed by atoms with E-state index in [9.17, 15) is 8.42 Å². The van der Waals surface area contributed by atoms with E-state index in [4.69, 9.17) is 5.11 Å². The zero-order valence-electron chi connectivity index (χ0n) is 11.1. The van der Waals surface area contributed by atoms with Gasteiger partial charge in [0.1, 0.15) is 0 Å². The van der Waals surface area contributed by atoms with Crippen LogP contribution in [0.25, 0.3) is 0 Å². The van der Waals surface area contributed by atoms with Crippen molar-refractivity contribution in [1.29, 1.82) is 0 Å². The Labute approximate surface area is 118 Å². The summed E-state index contributed by atoms with van der Waals surface area (Å²) in [5, 5.41) is 9.42. The molecule has 0 radical (unpaired) electrons. The van der Waals surface area contributed by atoms with E-state index in [-0.39, 0.29) is 17.5 Å². The fourth-order valence-corrected chi connectivity index (χ4v) is 5.25. The summed E-state index contributed by atoms with van der Waals surface area (Å²) in [6.07, 6.45) is 0. The van der Waals surface area contributed by atoms with Gasteiger partial charge in [0.15, 0.2) is 0 Å². The van der Waals surface area contributed by atoms with Gasteiger partial charge >= 0.3 is 0 Å². The number of thioether (sulfide) groups is 1. The van der Waals surface area contributed by atoms with Crippen molar-refractivity contribution in [2.24, 2.45) is 0 Å². The number of benzene rings is 1. The number of hydrogen-bond donors (Lipinski definition) is 1. The van der Waals surface area contributed by atoms with Gasteiger partial charge < -0.3 is 5.11 Å². The maximum atomic E-state index is 12.6. The van der Waals surface area contributed by atoms with E-state index >= 15 is 0 Å². The van der Waals surface area contributed by atoms with E-state index in [1.807, 2.05) is 6.92 Å². The molecule has 2 rings (SSSR count). The van der Waals surface area contributed by atoms with Crippen LogP contribution in [0.3, 0.4) is 0 Å². The highest BCUT2D eigenvalue weighted by atomic mass is 32.2. The molecule has 0 aliphatic carbocycles. The molecule has 0 amide bonds. The number of aliphatic hydroxyl groups is 1. The highest BCUT2D eigenvalue weighted by molar-refractivity contribution is 8.00. The third-order valence-electron chi connectivity index (χ3n) is 3.51. The van der Waals surface area contributed by atoms with E-state index in [1.165, 1.54) is 0 Å². The van der Waals surface area contributed by atoms with Crippen LogP contribution in [0.4, 0.5) is 0 Å². The lowest BCUT2D eigenvalue weighted by Crippen LogP contribution is -2.47. The molecule has 1 N–H and O–H groups in total. The van der Waals surface area contributed by atoms with Crippen LogP contribution in [0.1, 0.15) is 19.4 Å². The molecule has 2 atom stereocenters. The van der Waals surface area contributed by atoms with Gasteiger partial charge in [0.25, 0.3) is 0 Å². The van der Waals surface area contributed by atoms with Crippen LogP contribution in [-0.2, 0) is 16.6 Å². The van der Waals surface area contributed by atoms with Crippen LogP contribution in [-0.4, -0.2) is 41.4 Å². The van der Waals surface area contributed by atoms with Crippen molar-refractivity contribution < 1.29 is 13.5 Å². The fraction of sp³-hybridized carbons (Fsp3) is 0.538.